The molecule has 0 saturated heterocycles. The molecule has 0 saturated carbocycles. The van der Waals surface area contributed by atoms with Gasteiger partial charge in [0.2, 0.25) is 0 Å². The Morgan fingerprint density at radius 1 is 1.24 bits per heavy atom. The van der Waals surface area contributed by atoms with Crippen molar-refractivity contribution in [3.63, 3.8) is 0 Å². The predicted octanol–water partition coefficient (Wildman–Crippen LogP) is 4.70. The van der Waals surface area contributed by atoms with Crippen LogP contribution in [0.1, 0.15) is 35.3 Å². The van der Waals surface area contributed by atoms with Gasteiger partial charge in [-0.15, -0.1) is 0 Å². The van der Waals surface area contributed by atoms with Crippen molar-refractivity contribution in [3.8, 4) is 5.75 Å². The van der Waals surface area contributed by atoms with Crippen molar-refractivity contribution < 1.29 is 14.6 Å². The van der Waals surface area contributed by atoms with Crippen molar-refractivity contribution in [2.75, 3.05) is 18.5 Å². The minimum absolute atomic E-state index is 0.297. The summed E-state index contributed by atoms with van der Waals surface area (Å²) in [6.07, 6.45) is 4.19. The van der Waals surface area contributed by atoms with Crippen LogP contribution in [0.5, 0.6) is 5.75 Å². The zero-order chi connectivity index (χ0) is 17.8. The summed E-state index contributed by atoms with van der Waals surface area (Å²) in [6.45, 7) is 5.45. The molecule has 2 N–H and O–H groups in total. The van der Waals surface area contributed by atoms with E-state index >= 15 is 0 Å². The van der Waals surface area contributed by atoms with E-state index in [-0.39, 0.29) is 0 Å². The summed E-state index contributed by atoms with van der Waals surface area (Å²) in [5.74, 6) is -0.00456. The van der Waals surface area contributed by atoms with Gasteiger partial charge in [0.25, 0.3) is 0 Å². The lowest BCUT2D eigenvalue weighted by atomic mass is 10.1. The van der Waals surface area contributed by atoms with Gasteiger partial charge >= 0.3 is 5.97 Å². The van der Waals surface area contributed by atoms with Crippen LogP contribution in [0.4, 0.5) is 5.69 Å². The highest BCUT2D eigenvalue weighted by atomic mass is 16.5. The van der Waals surface area contributed by atoms with Crippen LogP contribution in [-0.4, -0.2) is 24.2 Å². The quantitative estimate of drug-likeness (QED) is 0.832. The maximum atomic E-state index is 10.9. The lowest BCUT2D eigenvalue weighted by Crippen LogP contribution is -2.07. The average molecular weight is 335 g/mol. The van der Waals surface area contributed by atoms with Crippen LogP contribution in [-0.2, 0) is 0 Å². The van der Waals surface area contributed by atoms with E-state index in [1.807, 2.05) is 37.3 Å². The standard InChI is InChI=1S/C21H21NO3/c1-14(9-16-3-5-17(6-4-16)21(23)24)12-22-19-8-7-18-10-15(2)13-25-20(18)11-19/h3-11,22H,12-13H2,1-2H3,(H,23,24)/b14-9+. The minimum atomic E-state index is -0.909. The Hall–Kier alpha value is -3.01. The second kappa shape index (κ2) is 7.26. The number of fused-ring (bicyclic) bond motifs is 1. The maximum absolute atomic E-state index is 10.9. The van der Waals surface area contributed by atoms with Crippen LogP contribution in [0, 0.1) is 0 Å². The van der Waals surface area contributed by atoms with Crippen LogP contribution >= 0.6 is 0 Å². The molecule has 0 bridgehead atoms. The fourth-order valence-electron chi connectivity index (χ4n) is 2.69. The van der Waals surface area contributed by atoms with E-state index < -0.39 is 5.97 Å². The first-order chi connectivity index (χ1) is 12.0. The number of hydrogen-bond donors (Lipinski definition) is 2. The van der Waals surface area contributed by atoms with E-state index in [1.54, 1.807) is 12.1 Å². The van der Waals surface area contributed by atoms with E-state index in [9.17, 15) is 4.79 Å². The lowest BCUT2D eigenvalue weighted by Gasteiger charge is -2.17. The maximum Gasteiger partial charge on any atom is 0.335 e. The zero-order valence-corrected chi connectivity index (χ0v) is 14.4. The number of aromatic carboxylic acids is 1. The number of anilines is 1. The average Bonchev–Trinajstić information content (AvgIpc) is 2.60. The molecule has 128 valence electrons. The first-order valence-corrected chi connectivity index (χ1v) is 8.20. The molecule has 25 heavy (non-hydrogen) atoms. The summed E-state index contributed by atoms with van der Waals surface area (Å²) in [5.41, 5.74) is 5.78. The first-order valence-electron chi connectivity index (χ1n) is 8.20. The summed E-state index contributed by atoms with van der Waals surface area (Å²) in [5, 5.41) is 12.3. The molecule has 0 fully saturated rings. The third-order valence-electron chi connectivity index (χ3n) is 4.01. The molecule has 2 aromatic rings. The van der Waals surface area contributed by atoms with Crippen LogP contribution in [0.15, 0.2) is 53.6 Å². The van der Waals surface area contributed by atoms with Crippen LogP contribution in [0.3, 0.4) is 0 Å². The van der Waals surface area contributed by atoms with Gasteiger partial charge in [0, 0.05) is 23.9 Å². The number of carboxylic acids is 1. The third kappa shape index (κ3) is 4.29. The van der Waals surface area contributed by atoms with Crippen molar-refractivity contribution in [1.29, 1.82) is 0 Å². The fourth-order valence-corrected chi connectivity index (χ4v) is 2.69. The van der Waals surface area contributed by atoms with Gasteiger partial charge in [0.05, 0.1) is 5.56 Å². The van der Waals surface area contributed by atoms with Gasteiger partial charge in [0.15, 0.2) is 0 Å². The normalized spacial score (nSPS) is 13.5. The van der Waals surface area contributed by atoms with Gasteiger partial charge in [-0.3, -0.25) is 0 Å². The van der Waals surface area contributed by atoms with Crippen molar-refractivity contribution in [2.45, 2.75) is 13.8 Å². The molecule has 3 rings (SSSR count). The van der Waals surface area contributed by atoms with Crippen LogP contribution in [0.25, 0.3) is 12.2 Å². The molecule has 0 unspecified atom stereocenters. The topological polar surface area (TPSA) is 58.6 Å². The molecule has 1 heterocycles. The first kappa shape index (κ1) is 16.8. The summed E-state index contributed by atoms with van der Waals surface area (Å²) >= 11 is 0. The van der Waals surface area contributed by atoms with Crippen LogP contribution in [0.2, 0.25) is 0 Å². The Morgan fingerprint density at radius 3 is 2.72 bits per heavy atom. The monoisotopic (exact) mass is 335 g/mol. The highest BCUT2D eigenvalue weighted by Gasteiger charge is 2.09. The molecule has 1 aliphatic rings. The molecule has 0 amide bonds. The van der Waals surface area contributed by atoms with Crippen LogP contribution < -0.4 is 10.1 Å². The zero-order valence-electron chi connectivity index (χ0n) is 14.4. The molecule has 0 radical (unpaired) electrons. The van der Waals surface area contributed by atoms with Gasteiger partial charge in [0.1, 0.15) is 12.4 Å². The highest BCUT2D eigenvalue weighted by molar-refractivity contribution is 5.87. The Labute approximate surface area is 147 Å². The Balaban J connectivity index is 1.64. The number of ether oxygens (including phenoxy) is 1. The molecule has 4 nitrogen and oxygen atoms in total. The van der Waals surface area contributed by atoms with Gasteiger partial charge in [-0.1, -0.05) is 23.8 Å². The Bertz CT molecular complexity index is 848. The van der Waals surface area contributed by atoms with E-state index in [2.05, 4.69) is 24.4 Å². The Morgan fingerprint density at radius 2 is 2.00 bits per heavy atom. The molecule has 2 aromatic carbocycles. The summed E-state index contributed by atoms with van der Waals surface area (Å²) in [4.78, 5) is 10.9. The molecule has 1 aliphatic heterocycles. The van der Waals surface area contributed by atoms with Crippen molar-refractivity contribution in [2.24, 2.45) is 0 Å². The van der Waals surface area contributed by atoms with E-state index in [0.717, 1.165) is 28.1 Å². The number of benzene rings is 2. The highest BCUT2D eigenvalue weighted by Crippen LogP contribution is 2.29. The Kier molecular flexibility index (Phi) is 4.89. The van der Waals surface area contributed by atoms with Gasteiger partial charge < -0.3 is 15.2 Å². The second-order valence-electron chi connectivity index (χ2n) is 6.30. The molecule has 0 atom stereocenters. The van der Waals surface area contributed by atoms with Gasteiger partial charge in [-0.2, -0.15) is 0 Å². The number of carboxylic acid groups (broad SMARTS) is 1. The predicted molar refractivity (Wildman–Crippen MR) is 101 cm³/mol. The van der Waals surface area contributed by atoms with Gasteiger partial charge in [-0.25, -0.2) is 4.79 Å². The minimum Gasteiger partial charge on any atom is -0.489 e. The number of rotatable bonds is 5. The van der Waals surface area contributed by atoms with E-state index in [1.165, 1.54) is 5.57 Å². The number of nitrogens with one attached hydrogen (secondary N) is 1. The van der Waals surface area contributed by atoms with Gasteiger partial charge in [-0.05, 0) is 55.3 Å². The van der Waals surface area contributed by atoms with Crippen molar-refractivity contribution >= 4 is 23.8 Å². The molecule has 0 spiro atoms. The third-order valence-corrected chi connectivity index (χ3v) is 4.01. The van der Waals surface area contributed by atoms with E-state index in [0.29, 0.717) is 18.7 Å². The largest absolute Gasteiger partial charge is 0.489 e. The van der Waals surface area contributed by atoms with Crippen molar-refractivity contribution in [3.05, 3.63) is 70.3 Å². The molecule has 4 heteroatoms. The summed E-state index contributed by atoms with van der Waals surface area (Å²) < 4.78 is 5.74. The molecule has 0 aliphatic carbocycles. The van der Waals surface area contributed by atoms with E-state index in [4.69, 9.17) is 9.84 Å². The molecular weight excluding hydrogens is 314 g/mol. The summed E-state index contributed by atoms with van der Waals surface area (Å²) in [6, 6.07) is 13.0. The second-order valence-corrected chi connectivity index (χ2v) is 6.30. The summed E-state index contributed by atoms with van der Waals surface area (Å²) in [7, 11) is 0. The molecule has 0 aromatic heterocycles. The lowest BCUT2D eigenvalue weighted by molar-refractivity contribution is 0.0697. The van der Waals surface area contributed by atoms with Crippen molar-refractivity contribution in [1.82, 2.24) is 0 Å². The fraction of sp³-hybridized carbons (Fsp3) is 0.190. The smallest absolute Gasteiger partial charge is 0.335 e. The number of hydrogen-bond acceptors (Lipinski definition) is 3. The SMILES string of the molecule is CC1=Cc2ccc(NC/C(C)=C/c3ccc(C(=O)O)cc3)cc2OC1. The number of carbonyl (C=O) groups is 1. The molecular formula is C21H21NO3.